The van der Waals surface area contributed by atoms with Gasteiger partial charge in [-0.3, -0.25) is 9.48 Å². The number of carbonyl (C=O) groups is 2. The van der Waals surface area contributed by atoms with E-state index in [-0.39, 0.29) is 12.0 Å². The molecule has 0 unspecified atom stereocenters. The Morgan fingerprint density at radius 3 is 2.42 bits per heavy atom. The normalized spacial score (nSPS) is 16.0. The molecule has 7 nitrogen and oxygen atoms in total. The second kappa shape index (κ2) is 7.23. The first-order chi connectivity index (χ1) is 11.2. The molecule has 134 valence electrons. The molecule has 1 aliphatic heterocycles. The van der Waals surface area contributed by atoms with Crippen LogP contribution in [0.25, 0.3) is 0 Å². The van der Waals surface area contributed by atoms with Gasteiger partial charge in [0.15, 0.2) is 0 Å². The summed E-state index contributed by atoms with van der Waals surface area (Å²) in [4.78, 5) is 28.5. The first kappa shape index (κ1) is 18.3. The van der Waals surface area contributed by atoms with Gasteiger partial charge in [-0.2, -0.15) is 5.10 Å². The van der Waals surface area contributed by atoms with E-state index in [0.29, 0.717) is 38.4 Å². The van der Waals surface area contributed by atoms with E-state index >= 15 is 0 Å². The third-order valence-corrected chi connectivity index (χ3v) is 3.86. The van der Waals surface area contributed by atoms with Gasteiger partial charge >= 0.3 is 6.09 Å². The monoisotopic (exact) mass is 336 g/mol. The van der Waals surface area contributed by atoms with Gasteiger partial charge in [0, 0.05) is 32.7 Å². The summed E-state index contributed by atoms with van der Waals surface area (Å²) in [6, 6.07) is 1.82. The van der Waals surface area contributed by atoms with Crippen molar-refractivity contribution >= 4 is 12.0 Å². The van der Waals surface area contributed by atoms with E-state index in [0.717, 1.165) is 12.1 Å². The van der Waals surface area contributed by atoms with Crippen molar-refractivity contribution in [3.63, 3.8) is 0 Å². The minimum absolute atomic E-state index is 0.0245. The van der Waals surface area contributed by atoms with Crippen molar-refractivity contribution in [1.29, 1.82) is 0 Å². The van der Waals surface area contributed by atoms with Crippen LogP contribution in [0.2, 0.25) is 0 Å². The molecule has 2 amide bonds. The zero-order chi connectivity index (χ0) is 17.9. The summed E-state index contributed by atoms with van der Waals surface area (Å²) < 4.78 is 7.15. The summed E-state index contributed by atoms with van der Waals surface area (Å²) in [5.74, 6) is -0.0245. The van der Waals surface area contributed by atoms with Gasteiger partial charge in [-0.1, -0.05) is 0 Å². The summed E-state index contributed by atoms with van der Waals surface area (Å²) in [5.41, 5.74) is 0.940. The number of nitrogens with zero attached hydrogens (tertiary/aromatic N) is 4. The van der Waals surface area contributed by atoms with Gasteiger partial charge in [0.2, 0.25) is 0 Å². The molecule has 7 heteroatoms. The maximum atomic E-state index is 12.8. The maximum absolute atomic E-state index is 12.8. The van der Waals surface area contributed by atoms with Crippen molar-refractivity contribution in [3.8, 4) is 0 Å². The molecule has 1 aromatic heterocycles. The van der Waals surface area contributed by atoms with Crippen molar-refractivity contribution < 1.29 is 14.3 Å². The molecule has 1 saturated heterocycles. The van der Waals surface area contributed by atoms with Crippen LogP contribution in [0.5, 0.6) is 0 Å². The van der Waals surface area contributed by atoms with Crippen LogP contribution in [0.1, 0.15) is 50.3 Å². The summed E-state index contributed by atoms with van der Waals surface area (Å²) in [7, 11) is 0. The van der Waals surface area contributed by atoms with Crippen molar-refractivity contribution in [2.24, 2.45) is 0 Å². The highest BCUT2D eigenvalue weighted by Crippen LogP contribution is 2.14. The molecule has 2 rings (SSSR count). The molecule has 0 aromatic carbocycles. The Morgan fingerprint density at radius 1 is 1.17 bits per heavy atom. The van der Waals surface area contributed by atoms with Crippen molar-refractivity contribution in [1.82, 2.24) is 19.6 Å². The summed E-state index contributed by atoms with van der Waals surface area (Å²) in [6.45, 7) is 12.3. The fourth-order valence-electron chi connectivity index (χ4n) is 2.75. The molecule has 24 heavy (non-hydrogen) atoms. The lowest BCUT2D eigenvalue weighted by molar-refractivity contribution is 0.0255. The highest BCUT2D eigenvalue weighted by atomic mass is 16.6. The fraction of sp³-hybridized carbons (Fsp3) is 0.706. The van der Waals surface area contributed by atoms with E-state index in [9.17, 15) is 9.59 Å². The number of ether oxygens (including phenoxy) is 1. The smallest absolute Gasteiger partial charge is 0.410 e. The molecule has 0 saturated carbocycles. The molecular formula is C17H28N4O3. The van der Waals surface area contributed by atoms with E-state index in [4.69, 9.17) is 4.74 Å². The Hall–Kier alpha value is -2.05. The molecule has 2 heterocycles. The Morgan fingerprint density at radius 2 is 1.79 bits per heavy atom. The molecule has 0 aliphatic carbocycles. The minimum atomic E-state index is -0.510. The number of amides is 2. The molecule has 0 radical (unpaired) electrons. The standard InChI is InChI=1S/C17H28N4O3/c1-6-21-14(12-13(2)18-21)15(22)19-8-7-9-20(11-10-19)16(23)24-17(3,4)5/h12H,6-11H2,1-5H3. The van der Waals surface area contributed by atoms with Gasteiger partial charge < -0.3 is 14.5 Å². The van der Waals surface area contributed by atoms with E-state index in [1.165, 1.54) is 0 Å². The molecule has 0 bridgehead atoms. The second-order valence-electron chi connectivity index (χ2n) is 7.10. The lowest BCUT2D eigenvalue weighted by Gasteiger charge is -2.26. The first-order valence-electron chi connectivity index (χ1n) is 8.53. The van der Waals surface area contributed by atoms with E-state index in [2.05, 4.69) is 5.10 Å². The molecule has 1 aliphatic rings. The molecular weight excluding hydrogens is 308 g/mol. The Labute approximate surface area is 143 Å². The lowest BCUT2D eigenvalue weighted by Crippen LogP contribution is -2.40. The Kier molecular flexibility index (Phi) is 5.51. The van der Waals surface area contributed by atoms with Gasteiger partial charge in [0.05, 0.1) is 5.69 Å². The lowest BCUT2D eigenvalue weighted by atomic mass is 10.2. The summed E-state index contributed by atoms with van der Waals surface area (Å²) in [6.07, 6.45) is 0.427. The average molecular weight is 336 g/mol. The number of aryl methyl sites for hydroxylation is 2. The van der Waals surface area contributed by atoms with Crippen molar-refractivity contribution in [2.45, 2.75) is 53.2 Å². The number of aromatic nitrogens is 2. The van der Waals surface area contributed by atoms with Crippen LogP contribution < -0.4 is 0 Å². The van der Waals surface area contributed by atoms with Gasteiger partial charge in [0.25, 0.3) is 5.91 Å². The molecule has 1 fully saturated rings. The zero-order valence-corrected chi connectivity index (χ0v) is 15.3. The van der Waals surface area contributed by atoms with E-state index in [1.54, 1.807) is 14.5 Å². The minimum Gasteiger partial charge on any atom is -0.444 e. The molecule has 0 atom stereocenters. The fourth-order valence-corrected chi connectivity index (χ4v) is 2.75. The third kappa shape index (κ3) is 4.49. The SMILES string of the molecule is CCn1nc(C)cc1C(=O)N1CCCN(C(=O)OC(C)(C)C)CC1. The number of hydrogen-bond donors (Lipinski definition) is 0. The van der Waals surface area contributed by atoms with Crippen LogP contribution in [0, 0.1) is 6.92 Å². The van der Waals surface area contributed by atoms with Crippen LogP contribution in [-0.2, 0) is 11.3 Å². The number of rotatable bonds is 2. The highest BCUT2D eigenvalue weighted by molar-refractivity contribution is 5.92. The predicted octanol–water partition coefficient (Wildman–Crippen LogP) is 2.29. The molecule has 0 spiro atoms. The topological polar surface area (TPSA) is 67.7 Å². The Balaban J connectivity index is 2.02. The number of hydrogen-bond acceptors (Lipinski definition) is 4. The van der Waals surface area contributed by atoms with E-state index in [1.807, 2.05) is 40.7 Å². The second-order valence-corrected chi connectivity index (χ2v) is 7.10. The molecule has 0 N–H and O–H groups in total. The largest absolute Gasteiger partial charge is 0.444 e. The molecule has 1 aromatic rings. The number of carbonyl (C=O) groups excluding carboxylic acids is 2. The first-order valence-corrected chi connectivity index (χ1v) is 8.53. The summed E-state index contributed by atoms with van der Waals surface area (Å²) >= 11 is 0. The Bertz CT molecular complexity index is 603. The van der Waals surface area contributed by atoms with Gasteiger partial charge in [-0.25, -0.2) is 4.79 Å². The van der Waals surface area contributed by atoms with Crippen molar-refractivity contribution in [2.75, 3.05) is 26.2 Å². The summed E-state index contributed by atoms with van der Waals surface area (Å²) in [5, 5.41) is 4.34. The maximum Gasteiger partial charge on any atom is 0.410 e. The van der Waals surface area contributed by atoms with Crippen LogP contribution >= 0.6 is 0 Å². The third-order valence-electron chi connectivity index (χ3n) is 3.86. The van der Waals surface area contributed by atoms with Gasteiger partial charge in [-0.05, 0) is 47.1 Å². The quantitative estimate of drug-likeness (QED) is 0.831. The predicted molar refractivity (Wildman–Crippen MR) is 91.0 cm³/mol. The van der Waals surface area contributed by atoms with Crippen LogP contribution in [0.4, 0.5) is 4.79 Å². The average Bonchev–Trinajstić information content (AvgIpc) is 2.70. The van der Waals surface area contributed by atoms with Crippen LogP contribution in [-0.4, -0.2) is 63.4 Å². The van der Waals surface area contributed by atoms with Gasteiger partial charge in [-0.15, -0.1) is 0 Å². The highest BCUT2D eigenvalue weighted by Gasteiger charge is 2.27. The van der Waals surface area contributed by atoms with Crippen molar-refractivity contribution in [3.05, 3.63) is 17.5 Å². The van der Waals surface area contributed by atoms with Gasteiger partial charge in [0.1, 0.15) is 11.3 Å². The van der Waals surface area contributed by atoms with Crippen LogP contribution in [0.3, 0.4) is 0 Å². The van der Waals surface area contributed by atoms with Crippen LogP contribution in [0.15, 0.2) is 6.07 Å². The zero-order valence-electron chi connectivity index (χ0n) is 15.3. The van der Waals surface area contributed by atoms with E-state index < -0.39 is 5.60 Å².